The van der Waals surface area contributed by atoms with Gasteiger partial charge in [0.05, 0.1) is 22.4 Å². The Morgan fingerprint density at radius 2 is 0.979 bits per heavy atom. The summed E-state index contributed by atoms with van der Waals surface area (Å²) in [5, 5.41) is 44.8. The van der Waals surface area contributed by atoms with Gasteiger partial charge in [-0.25, -0.2) is 20.0 Å². The number of benzene rings is 4. The van der Waals surface area contributed by atoms with E-state index in [1.807, 2.05) is 0 Å². The van der Waals surface area contributed by atoms with Crippen LogP contribution in [0.2, 0.25) is 0 Å². The molecule has 8 nitrogen and oxygen atoms in total. The molecule has 0 unspecified atom stereocenters. The van der Waals surface area contributed by atoms with Gasteiger partial charge in [-0.05, 0) is 72.9 Å². The summed E-state index contributed by atoms with van der Waals surface area (Å²) in [7, 11) is 0. The molecule has 0 N–H and O–H groups in total. The van der Waals surface area contributed by atoms with Crippen LogP contribution in [0.5, 0.6) is 0 Å². The van der Waals surface area contributed by atoms with Gasteiger partial charge in [0.2, 0.25) is 0 Å². The second-order valence-electron chi connectivity index (χ2n) is 14.0. The Morgan fingerprint density at radius 3 is 1.29 bits per heavy atom. The van der Waals surface area contributed by atoms with E-state index >= 15 is 0 Å². The average molecular weight is 633 g/mol. The van der Waals surface area contributed by atoms with Crippen LogP contribution in [0.4, 0.5) is 11.4 Å². The molecule has 0 fully saturated rings. The molecule has 5 rings (SSSR count). The lowest BCUT2D eigenvalue weighted by molar-refractivity contribution is 0.458. The molecule has 240 valence electrons. The Hall–Kier alpha value is -5.44. The standard InChI is InChI=1S/C40H40N8/c1-9-11-13-39(5,6)25-15-27-33-29(17-25)37-38(48-32(22-44)31(21-43)47-37)30-18-26(40(7,8)14-12-10-2)16-28(34(30)33)36(46-24(4)20-42)35(27)45-23(3)19-41/h15-18H,9-14H2,1-8H3. The molecule has 48 heavy (non-hydrogen) atoms. The molecule has 0 spiro atoms. The molecule has 0 aliphatic carbocycles. The molecule has 4 aromatic carbocycles. The van der Waals surface area contributed by atoms with E-state index in [0.717, 1.165) is 82.0 Å². The van der Waals surface area contributed by atoms with E-state index in [1.54, 1.807) is 13.8 Å². The first-order chi connectivity index (χ1) is 22.8. The summed E-state index contributed by atoms with van der Waals surface area (Å²) in [6.45, 7) is 16.5. The molecule has 0 saturated heterocycles. The lowest BCUT2D eigenvalue weighted by Crippen LogP contribution is -2.17. The Morgan fingerprint density at radius 1 is 0.625 bits per heavy atom. The molecule has 0 saturated carbocycles. The highest BCUT2D eigenvalue weighted by atomic mass is 14.9. The summed E-state index contributed by atoms with van der Waals surface area (Å²) in [4.78, 5) is 19.4. The molecule has 0 atom stereocenters. The van der Waals surface area contributed by atoms with Crippen LogP contribution >= 0.6 is 0 Å². The minimum atomic E-state index is -0.238. The number of rotatable bonds is 10. The number of aromatic nitrogens is 2. The summed E-state index contributed by atoms with van der Waals surface area (Å²) >= 11 is 0. The van der Waals surface area contributed by atoms with E-state index in [0.29, 0.717) is 22.4 Å². The topological polar surface area (TPSA) is 146 Å². The van der Waals surface area contributed by atoms with Crippen LogP contribution in [0.25, 0.3) is 43.4 Å². The fraction of sp³-hybridized carbons (Fsp3) is 0.400. The zero-order chi connectivity index (χ0) is 35.0. The fourth-order valence-electron chi connectivity index (χ4n) is 6.71. The van der Waals surface area contributed by atoms with Gasteiger partial charge in [-0.2, -0.15) is 21.0 Å². The quantitative estimate of drug-likeness (QED) is 0.0850. The van der Waals surface area contributed by atoms with Gasteiger partial charge in [0.25, 0.3) is 0 Å². The minimum absolute atomic E-state index is 0.0244. The van der Waals surface area contributed by atoms with Crippen molar-refractivity contribution in [2.45, 2.75) is 105 Å². The second kappa shape index (κ2) is 13.0. The molecule has 0 radical (unpaired) electrons. The van der Waals surface area contributed by atoms with Gasteiger partial charge in [-0.1, -0.05) is 67.2 Å². The van der Waals surface area contributed by atoms with E-state index < -0.39 is 0 Å². The number of fused-ring (bicyclic) bond motifs is 3. The van der Waals surface area contributed by atoms with Crippen molar-refractivity contribution >= 4 is 66.1 Å². The minimum Gasteiger partial charge on any atom is -0.240 e. The van der Waals surface area contributed by atoms with Crippen LogP contribution in [0.15, 0.2) is 34.3 Å². The van der Waals surface area contributed by atoms with Crippen LogP contribution in [0.1, 0.15) is 116 Å². The highest BCUT2D eigenvalue weighted by molar-refractivity contribution is 6.37. The first-order valence-electron chi connectivity index (χ1n) is 16.6. The molecule has 1 heterocycles. The molecule has 0 amide bonds. The van der Waals surface area contributed by atoms with E-state index in [-0.39, 0.29) is 33.6 Å². The summed E-state index contributed by atoms with van der Waals surface area (Å²) in [6, 6.07) is 17.1. The van der Waals surface area contributed by atoms with Gasteiger partial charge in [-0.3, -0.25) is 0 Å². The van der Waals surface area contributed by atoms with Gasteiger partial charge in [0.1, 0.15) is 35.7 Å². The third-order valence-corrected chi connectivity index (χ3v) is 9.64. The number of unbranched alkanes of at least 4 members (excludes halogenated alkanes) is 2. The highest BCUT2D eigenvalue weighted by Gasteiger charge is 2.30. The van der Waals surface area contributed by atoms with E-state index in [9.17, 15) is 21.0 Å². The van der Waals surface area contributed by atoms with Gasteiger partial charge in [0, 0.05) is 32.3 Å². The van der Waals surface area contributed by atoms with Gasteiger partial charge in [0.15, 0.2) is 11.4 Å². The van der Waals surface area contributed by atoms with E-state index in [2.05, 4.69) is 90.1 Å². The van der Waals surface area contributed by atoms with Crippen LogP contribution < -0.4 is 0 Å². The number of nitriles is 4. The zero-order valence-corrected chi connectivity index (χ0v) is 29.1. The first-order valence-corrected chi connectivity index (χ1v) is 16.6. The van der Waals surface area contributed by atoms with Crippen LogP contribution in [-0.2, 0) is 10.8 Å². The number of nitrogens with zero attached hydrogens (tertiary/aromatic N) is 8. The first kappa shape index (κ1) is 33.9. The van der Waals surface area contributed by atoms with E-state index in [4.69, 9.17) is 20.0 Å². The Labute approximate surface area is 282 Å². The summed E-state index contributed by atoms with van der Waals surface area (Å²) in [5.74, 6) is 0. The number of hydrogen-bond donors (Lipinski definition) is 0. The molecule has 8 heteroatoms. The monoisotopic (exact) mass is 632 g/mol. The van der Waals surface area contributed by atoms with Crippen LogP contribution in [-0.4, -0.2) is 21.4 Å². The number of hydrogen-bond acceptors (Lipinski definition) is 8. The number of aliphatic imine (C=N–C) groups is 2. The molecular weight excluding hydrogens is 592 g/mol. The Bertz CT molecular complexity index is 2160. The average Bonchev–Trinajstić information content (AvgIpc) is 3.09. The normalized spacial score (nSPS) is 12.8. The maximum absolute atomic E-state index is 10.0. The van der Waals surface area contributed by atoms with Crippen LogP contribution in [0, 0.1) is 45.3 Å². The molecule has 0 bridgehead atoms. The van der Waals surface area contributed by atoms with Crippen LogP contribution in [0.3, 0.4) is 0 Å². The Kier molecular flexibility index (Phi) is 9.17. The van der Waals surface area contributed by atoms with Crippen molar-refractivity contribution in [2.75, 3.05) is 0 Å². The van der Waals surface area contributed by atoms with Gasteiger partial charge < -0.3 is 0 Å². The third-order valence-electron chi connectivity index (χ3n) is 9.64. The van der Waals surface area contributed by atoms with Crippen molar-refractivity contribution in [2.24, 2.45) is 9.98 Å². The summed E-state index contributed by atoms with van der Waals surface area (Å²) < 4.78 is 0. The van der Waals surface area contributed by atoms with E-state index in [1.165, 1.54) is 0 Å². The summed E-state index contributed by atoms with van der Waals surface area (Å²) in [6.07, 6.45) is 6.05. The van der Waals surface area contributed by atoms with Crippen molar-refractivity contribution < 1.29 is 0 Å². The predicted molar refractivity (Wildman–Crippen MR) is 195 cm³/mol. The molecule has 0 aliphatic rings. The zero-order valence-electron chi connectivity index (χ0n) is 29.1. The van der Waals surface area contributed by atoms with Gasteiger partial charge in [-0.15, -0.1) is 0 Å². The smallest absolute Gasteiger partial charge is 0.177 e. The Balaban J connectivity index is 2.19. The highest BCUT2D eigenvalue weighted by Crippen LogP contribution is 2.52. The van der Waals surface area contributed by atoms with Crippen molar-refractivity contribution in [3.05, 3.63) is 46.8 Å². The van der Waals surface area contributed by atoms with Crippen molar-refractivity contribution in [1.29, 1.82) is 21.0 Å². The summed E-state index contributed by atoms with van der Waals surface area (Å²) in [5.41, 5.74) is 4.21. The lowest BCUT2D eigenvalue weighted by atomic mass is 9.76. The second-order valence-corrected chi connectivity index (χ2v) is 14.0. The third kappa shape index (κ3) is 5.81. The lowest BCUT2D eigenvalue weighted by Gasteiger charge is -2.29. The van der Waals surface area contributed by atoms with Gasteiger partial charge >= 0.3 is 0 Å². The van der Waals surface area contributed by atoms with Crippen molar-refractivity contribution in [3.63, 3.8) is 0 Å². The maximum Gasteiger partial charge on any atom is 0.177 e. The molecule has 1 aromatic heterocycles. The molecular formula is C40H40N8. The predicted octanol–water partition coefficient (Wildman–Crippen LogP) is 10.4. The fourth-order valence-corrected chi connectivity index (χ4v) is 6.71. The molecule has 0 aliphatic heterocycles. The van der Waals surface area contributed by atoms with Crippen molar-refractivity contribution in [1.82, 2.24) is 9.97 Å². The SMILES string of the molecule is CCCCC(C)(C)c1cc2c(N=C(C)C#N)c(N=C(C)C#N)c3cc(C(C)(C)CCCC)cc4c5nc(C#N)c(C#N)nc5c(c1)c2c34. The molecule has 5 aromatic rings. The largest absolute Gasteiger partial charge is 0.240 e. The maximum atomic E-state index is 10.0. The van der Waals surface area contributed by atoms with Crippen molar-refractivity contribution in [3.8, 4) is 24.3 Å².